The van der Waals surface area contributed by atoms with Crippen LogP contribution < -0.4 is 10.0 Å². The van der Waals surface area contributed by atoms with Gasteiger partial charge in [0.05, 0.1) is 10.0 Å². The SMILES string of the molecule is CNS(=O)(=O)c1cc(C(=O)OCC(=O)Nc2ncc(Cl)c(C)c2Cl)n(C)c1. The van der Waals surface area contributed by atoms with Crippen molar-refractivity contribution in [3.63, 3.8) is 0 Å². The fourth-order valence-corrected chi connectivity index (χ4v) is 3.21. The molecule has 0 aliphatic heterocycles. The number of hydrogen-bond acceptors (Lipinski definition) is 6. The van der Waals surface area contributed by atoms with Gasteiger partial charge in [0.15, 0.2) is 12.4 Å². The van der Waals surface area contributed by atoms with Crippen molar-refractivity contribution < 1.29 is 22.7 Å². The van der Waals surface area contributed by atoms with Gasteiger partial charge < -0.3 is 14.6 Å². The number of hydrogen-bond donors (Lipinski definition) is 2. The molecule has 0 spiro atoms. The number of carbonyl (C=O) groups excluding carboxylic acids is 2. The second-order valence-corrected chi connectivity index (χ2v) is 8.07. The molecular formula is C15H16Cl2N4O5S. The molecule has 27 heavy (non-hydrogen) atoms. The molecule has 2 aromatic rings. The van der Waals surface area contributed by atoms with Gasteiger partial charge in [-0.05, 0) is 25.6 Å². The molecule has 2 rings (SSSR count). The van der Waals surface area contributed by atoms with Gasteiger partial charge >= 0.3 is 5.97 Å². The second-order valence-electron chi connectivity index (χ2n) is 5.40. The third-order valence-corrected chi connectivity index (χ3v) is 5.79. The smallest absolute Gasteiger partial charge is 0.355 e. The maximum Gasteiger partial charge on any atom is 0.355 e. The molecule has 0 fully saturated rings. The fourth-order valence-electron chi connectivity index (χ4n) is 2.02. The van der Waals surface area contributed by atoms with Gasteiger partial charge in [0.25, 0.3) is 5.91 Å². The van der Waals surface area contributed by atoms with Crippen LogP contribution in [-0.4, -0.2) is 43.5 Å². The summed E-state index contributed by atoms with van der Waals surface area (Å²) in [7, 11) is -0.979. The van der Waals surface area contributed by atoms with E-state index in [2.05, 4.69) is 15.0 Å². The Bertz CT molecular complexity index is 1000. The van der Waals surface area contributed by atoms with Crippen molar-refractivity contribution in [3.8, 4) is 0 Å². The van der Waals surface area contributed by atoms with Crippen LogP contribution in [-0.2, 0) is 26.6 Å². The van der Waals surface area contributed by atoms with E-state index in [9.17, 15) is 18.0 Å². The highest BCUT2D eigenvalue weighted by atomic mass is 35.5. The molecule has 0 aliphatic rings. The number of halogens is 2. The number of nitrogens with one attached hydrogen (secondary N) is 2. The molecule has 0 unspecified atom stereocenters. The van der Waals surface area contributed by atoms with Crippen LogP contribution in [0.5, 0.6) is 0 Å². The molecule has 12 heteroatoms. The summed E-state index contributed by atoms with van der Waals surface area (Å²) in [4.78, 5) is 27.9. The molecule has 2 aromatic heterocycles. The summed E-state index contributed by atoms with van der Waals surface area (Å²) in [5.74, 6) is -1.45. The standard InChI is InChI=1S/C15H16Cl2N4O5S/c1-8-10(16)5-19-14(13(8)17)20-12(22)7-26-15(23)11-4-9(6-21(11)3)27(24,25)18-2/h4-6,18H,7H2,1-3H3,(H,19,20,22). The monoisotopic (exact) mass is 434 g/mol. The highest BCUT2D eigenvalue weighted by Gasteiger charge is 2.21. The first-order valence-electron chi connectivity index (χ1n) is 7.44. The molecule has 9 nitrogen and oxygen atoms in total. The van der Waals surface area contributed by atoms with E-state index in [0.717, 1.165) is 6.07 Å². The number of rotatable bonds is 6. The summed E-state index contributed by atoms with van der Waals surface area (Å²) in [6, 6.07) is 1.15. The lowest BCUT2D eigenvalue weighted by atomic mass is 10.3. The van der Waals surface area contributed by atoms with Gasteiger partial charge in [-0.3, -0.25) is 4.79 Å². The van der Waals surface area contributed by atoms with Crippen molar-refractivity contribution in [2.24, 2.45) is 7.05 Å². The number of aromatic nitrogens is 2. The van der Waals surface area contributed by atoms with Crippen LogP contribution in [0.1, 0.15) is 16.1 Å². The average molecular weight is 435 g/mol. The molecule has 0 saturated carbocycles. The number of esters is 1. The number of amides is 1. The van der Waals surface area contributed by atoms with Crippen LogP contribution in [0.25, 0.3) is 0 Å². The van der Waals surface area contributed by atoms with Gasteiger partial charge in [0, 0.05) is 19.4 Å². The zero-order chi connectivity index (χ0) is 20.4. The van der Waals surface area contributed by atoms with Crippen molar-refractivity contribution in [3.05, 3.63) is 39.8 Å². The van der Waals surface area contributed by atoms with E-state index >= 15 is 0 Å². The number of anilines is 1. The van der Waals surface area contributed by atoms with Crippen LogP contribution in [0.2, 0.25) is 10.0 Å². The molecule has 0 atom stereocenters. The lowest BCUT2D eigenvalue weighted by Gasteiger charge is -2.09. The molecule has 2 heterocycles. The molecular weight excluding hydrogens is 419 g/mol. The number of carbonyl (C=O) groups is 2. The number of aryl methyl sites for hydroxylation is 1. The normalized spacial score (nSPS) is 11.3. The van der Waals surface area contributed by atoms with E-state index in [1.807, 2.05) is 0 Å². The van der Waals surface area contributed by atoms with Gasteiger partial charge in [-0.25, -0.2) is 22.9 Å². The van der Waals surface area contributed by atoms with Crippen LogP contribution in [0.4, 0.5) is 5.82 Å². The van der Waals surface area contributed by atoms with Crippen molar-refractivity contribution in [2.45, 2.75) is 11.8 Å². The van der Waals surface area contributed by atoms with E-state index in [4.69, 9.17) is 27.9 Å². The minimum Gasteiger partial charge on any atom is -0.451 e. The van der Waals surface area contributed by atoms with Gasteiger partial charge in [-0.1, -0.05) is 23.2 Å². The third kappa shape index (κ3) is 4.78. The lowest BCUT2D eigenvalue weighted by Crippen LogP contribution is -2.22. The van der Waals surface area contributed by atoms with Gasteiger partial charge in [0.1, 0.15) is 10.6 Å². The maximum atomic E-state index is 12.1. The zero-order valence-corrected chi connectivity index (χ0v) is 16.9. The Balaban J connectivity index is 2.04. The Hall–Kier alpha value is -2.14. The first kappa shape index (κ1) is 21.2. The van der Waals surface area contributed by atoms with Crippen LogP contribution in [0, 0.1) is 6.92 Å². The van der Waals surface area contributed by atoms with Crippen LogP contribution in [0.15, 0.2) is 23.4 Å². The van der Waals surface area contributed by atoms with E-state index in [1.165, 1.54) is 31.1 Å². The Morgan fingerprint density at radius 3 is 2.63 bits per heavy atom. The Morgan fingerprint density at radius 1 is 1.33 bits per heavy atom. The number of pyridine rings is 1. The largest absolute Gasteiger partial charge is 0.451 e. The molecule has 0 aromatic carbocycles. The van der Waals surface area contributed by atoms with Gasteiger partial charge in [-0.15, -0.1) is 0 Å². The molecule has 1 amide bonds. The Labute approximate surface area is 165 Å². The predicted octanol–water partition coefficient (Wildman–Crippen LogP) is 1.74. The fraction of sp³-hybridized carbons (Fsp3) is 0.267. The van der Waals surface area contributed by atoms with Crippen molar-refractivity contribution in [1.29, 1.82) is 0 Å². The summed E-state index contributed by atoms with van der Waals surface area (Å²) < 4.78 is 31.9. The first-order chi connectivity index (χ1) is 12.6. The van der Waals surface area contributed by atoms with Crippen molar-refractivity contribution in [2.75, 3.05) is 19.0 Å². The summed E-state index contributed by atoms with van der Waals surface area (Å²) >= 11 is 11.9. The van der Waals surface area contributed by atoms with Gasteiger partial charge in [-0.2, -0.15) is 0 Å². The topological polar surface area (TPSA) is 119 Å². The van der Waals surface area contributed by atoms with Crippen molar-refractivity contribution >= 4 is 50.9 Å². The molecule has 0 aliphatic carbocycles. The number of ether oxygens (including phenoxy) is 1. The summed E-state index contributed by atoms with van der Waals surface area (Å²) in [5, 5.41) is 2.93. The summed E-state index contributed by atoms with van der Waals surface area (Å²) in [6.07, 6.45) is 2.58. The second kappa shape index (κ2) is 8.26. The van der Waals surface area contributed by atoms with Gasteiger partial charge in [0.2, 0.25) is 10.0 Å². The quantitative estimate of drug-likeness (QED) is 0.668. The molecule has 0 radical (unpaired) electrons. The molecule has 0 saturated heterocycles. The van der Waals surface area contributed by atoms with E-state index in [0.29, 0.717) is 10.6 Å². The lowest BCUT2D eigenvalue weighted by molar-refractivity contribution is -0.119. The predicted molar refractivity (Wildman–Crippen MR) is 99.6 cm³/mol. The van der Waals surface area contributed by atoms with E-state index in [1.54, 1.807) is 6.92 Å². The maximum absolute atomic E-state index is 12.1. The third-order valence-electron chi connectivity index (χ3n) is 3.56. The van der Waals surface area contributed by atoms with Crippen molar-refractivity contribution in [1.82, 2.24) is 14.3 Å². The Kier molecular flexibility index (Phi) is 6.47. The van der Waals surface area contributed by atoms with E-state index < -0.39 is 28.5 Å². The molecule has 2 N–H and O–H groups in total. The molecule has 146 valence electrons. The first-order valence-corrected chi connectivity index (χ1v) is 9.68. The highest BCUT2D eigenvalue weighted by molar-refractivity contribution is 7.89. The average Bonchev–Trinajstić information content (AvgIpc) is 3.03. The number of nitrogens with zero attached hydrogens (tertiary/aromatic N) is 2. The summed E-state index contributed by atoms with van der Waals surface area (Å²) in [5.41, 5.74) is 0.512. The zero-order valence-electron chi connectivity index (χ0n) is 14.5. The van der Waals surface area contributed by atoms with Crippen LogP contribution >= 0.6 is 23.2 Å². The van der Waals surface area contributed by atoms with E-state index in [-0.39, 0.29) is 21.4 Å². The minimum absolute atomic E-state index is 0.0323. The highest BCUT2D eigenvalue weighted by Crippen LogP contribution is 2.28. The minimum atomic E-state index is -3.71. The summed E-state index contributed by atoms with van der Waals surface area (Å²) in [6.45, 7) is 1.05. The molecule has 0 bridgehead atoms. The van der Waals surface area contributed by atoms with Crippen LogP contribution in [0.3, 0.4) is 0 Å². The number of sulfonamides is 1. The Morgan fingerprint density at radius 2 is 2.00 bits per heavy atom.